The lowest BCUT2D eigenvalue weighted by Gasteiger charge is -2.34. The van der Waals surface area contributed by atoms with Gasteiger partial charge in [-0.1, -0.05) is 0 Å². The third-order valence-corrected chi connectivity index (χ3v) is 6.31. The second kappa shape index (κ2) is 9.14. The molecule has 0 spiro atoms. The summed E-state index contributed by atoms with van der Waals surface area (Å²) in [6.45, 7) is 3.65. The number of pyridine rings is 1. The van der Waals surface area contributed by atoms with Crippen LogP contribution in [0.25, 0.3) is 11.0 Å². The molecule has 35 heavy (non-hydrogen) atoms. The summed E-state index contributed by atoms with van der Waals surface area (Å²) in [6.07, 6.45) is 0. The maximum Gasteiger partial charge on any atom is 0.387 e. The summed E-state index contributed by atoms with van der Waals surface area (Å²) in [5.41, 5.74) is 1.95. The third kappa shape index (κ3) is 4.51. The molecule has 11 heteroatoms. The van der Waals surface area contributed by atoms with Gasteiger partial charge >= 0.3 is 6.61 Å². The highest BCUT2D eigenvalue weighted by Crippen LogP contribution is 2.32. The standard InChI is InChI=1S/C24H26F2N6O3/c1-13-12-31(8-7-27-13)16-4-6-17(20(10-16)35-24(25)26)30-22(33)18-5-3-15-9-19-23(34)28-11-14(2)32(19)21(15)29-18/h3-6,9-10,13-14,24,27H,7-8,11-12H2,1-2H3,(H,28,34)(H,30,33)/t13-,14-/m1/s1. The van der Waals surface area contributed by atoms with Crippen molar-refractivity contribution in [1.82, 2.24) is 20.2 Å². The van der Waals surface area contributed by atoms with Crippen LogP contribution in [0, 0.1) is 0 Å². The maximum absolute atomic E-state index is 13.2. The average Bonchev–Trinajstić information content (AvgIpc) is 3.22. The predicted octanol–water partition coefficient (Wildman–Crippen LogP) is 2.99. The molecule has 0 radical (unpaired) electrons. The Hall–Kier alpha value is -3.73. The summed E-state index contributed by atoms with van der Waals surface area (Å²) in [6, 6.07) is 10.1. The maximum atomic E-state index is 13.2. The van der Waals surface area contributed by atoms with Crippen LogP contribution >= 0.6 is 0 Å². The first-order chi connectivity index (χ1) is 16.8. The quantitative estimate of drug-likeness (QED) is 0.515. The first-order valence-electron chi connectivity index (χ1n) is 11.5. The van der Waals surface area contributed by atoms with E-state index in [1.807, 2.05) is 6.92 Å². The van der Waals surface area contributed by atoms with E-state index in [1.165, 1.54) is 12.1 Å². The average molecular weight is 485 g/mol. The first kappa shape index (κ1) is 23.0. The summed E-state index contributed by atoms with van der Waals surface area (Å²) < 4.78 is 32.9. The molecule has 3 aromatic rings. The number of aromatic nitrogens is 2. The van der Waals surface area contributed by atoms with E-state index < -0.39 is 12.5 Å². The lowest BCUT2D eigenvalue weighted by atomic mass is 10.1. The Bertz CT molecular complexity index is 1290. The van der Waals surface area contributed by atoms with Crippen molar-refractivity contribution in [2.45, 2.75) is 32.5 Å². The van der Waals surface area contributed by atoms with Crippen LogP contribution in [0.5, 0.6) is 5.75 Å². The van der Waals surface area contributed by atoms with Crippen molar-refractivity contribution in [3.63, 3.8) is 0 Å². The van der Waals surface area contributed by atoms with E-state index in [0.717, 1.165) is 30.7 Å². The van der Waals surface area contributed by atoms with Crippen molar-refractivity contribution in [3.05, 3.63) is 47.8 Å². The minimum Gasteiger partial charge on any atom is -0.433 e. The second-order valence-corrected chi connectivity index (χ2v) is 8.88. The SMILES string of the molecule is C[C@@H]1CN(c2ccc(NC(=O)c3ccc4cc5n(c4n3)[C@H](C)CNC5=O)c(OC(F)F)c2)CCN1. The molecule has 0 aliphatic carbocycles. The predicted molar refractivity (Wildman–Crippen MR) is 127 cm³/mol. The van der Waals surface area contributed by atoms with Gasteiger partial charge in [-0.2, -0.15) is 8.78 Å². The molecule has 0 saturated carbocycles. The van der Waals surface area contributed by atoms with E-state index in [2.05, 4.69) is 32.8 Å². The van der Waals surface area contributed by atoms with Crippen molar-refractivity contribution < 1.29 is 23.1 Å². The van der Waals surface area contributed by atoms with Gasteiger partial charge in [0.15, 0.2) is 5.75 Å². The van der Waals surface area contributed by atoms with Gasteiger partial charge in [0.25, 0.3) is 11.8 Å². The molecule has 1 saturated heterocycles. The van der Waals surface area contributed by atoms with Gasteiger partial charge in [0.2, 0.25) is 0 Å². The molecule has 2 atom stereocenters. The number of amides is 2. The molecule has 1 fully saturated rings. The number of alkyl halides is 2. The highest BCUT2D eigenvalue weighted by atomic mass is 19.3. The number of rotatable bonds is 5. The zero-order valence-electron chi connectivity index (χ0n) is 19.3. The fraction of sp³-hybridized carbons (Fsp3) is 0.375. The molecular formula is C24H26F2N6O3. The van der Waals surface area contributed by atoms with E-state index in [1.54, 1.807) is 28.8 Å². The Morgan fingerprint density at radius 2 is 2.06 bits per heavy atom. The molecule has 5 rings (SSSR count). The van der Waals surface area contributed by atoms with Gasteiger partial charge < -0.3 is 30.2 Å². The fourth-order valence-electron chi connectivity index (χ4n) is 4.62. The van der Waals surface area contributed by atoms with Crippen LogP contribution in [0.4, 0.5) is 20.2 Å². The number of nitrogens with zero attached hydrogens (tertiary/aromatic N) is 3. The topological polar surface area (TPSA) is 101 Å². The highest BCUT2D eigenvalue weighted by Gasteiger charge is 2.26. The number of nitrogens with one attached hydrogen (secondary N) is 3. The molecular weight excluding hydrogens is 458 g/mol. The molecule has 1 aromatic carbocycles. The Labute approximate surface area is 200 Å². The zero-order valence-corrected chi connectivity index (χ0v) is 19.3. The minimum atomic E-state index is -3.04. The van der Waals surface area contributed by atoms with Crippen LogP contribution in [0.15, 0.2) is 36.4 Å². The number of halogens is 2. The molecule has 0 bridgehead atoms. The molecule has 0 unspecified atom stereocenters. The molecule has 2 aromatic heterocycles. The Balaban J connectivity index is 1.43. The molecule has 4 heterocycles. The van der Waals surface area contributed by atoms with Crippen molar-refractivity contribution in [1.29, 1.82) is 0 Å². The van der Waals surface area contributed by atoms with Gasteiger partial charge in [0, 0.05) is 49.4 Å². The number of fused-ring (bicyclic) bond motifs is 3. The lowest BCUT2D eigenvalue weighted by Crippen LogP contribution is -2.49. The van der Waals surface area contributed by atoms with Crippen molar-refractivity contribution in [2.75, 3.05) is 36.4 Å². The van der Waals surface area contributed by atoms with E-state index >= 15 is 0 Å². The molecule has 2 amide bonds. The fourth-order valence-corrected chi connectivity index (χ4v) is 4.62. The van der Waals surface area contributed by atoms with Gasteiger partial charge in [0.05, 0.1) is 11.7 Å². The van der Waals surface area contributed by atoms with E-state index in [0.29, 0.717) is 17.9 Å². The monoisotopic (exact) mass is 484 g/mol. The van der Waals surface area contributed by atoms with Gasteiger partial charge in [-0.3, -0.25) is 9.59 Å². The van der Waals surface area contributed by atoms with Gasteiger partial charge in [0.1, 0.15) is 17.0 Å². The van der Waals surface area contributed by atoms with Crippen molar-refractivity contribution in [2.24, 2.45) is 0 Å². The molecule has 2 aliphatic rings. The molecule has 184 valence electrons. The third-order valence-electron chi connectivity index (χ3n) is 6.31. The molecule has 3 N–H and O–H groups in total. The van der Waals surface area contributed by atoms with Crippen LogP contribution in [-0.4, -0.2) is 60.2 Å². The van der Waals surface area contributed by atoms with E-state index in [9.17, 15) is 18.4 Å². The Morgan fingerprint density at radius 3 is 2.83 bits per heavy atom. The number of carbonyl (C=O) groups is 2. The highest BCUT2D eigenvalue weighted by molar-refractivity contribution is 6.05. The normalized spacial score (nSPS) is 20.0. The number of hydrogen-bond acceptors (Lipinski definition) is 6. The van der Waals surface area contributed by atoms with Crippen LogP contribution < -0.4 is 25.6 Å². The molecule has 9 nitrogen and oxygen atoms in total. The summed E-state index contributed by atoms with van der Waals surface area (Å²) in [5, 5.41) is 9.54. The Kier molecular flexibility index (Phi) is 6.01. The zero-order chi connectivity index (χ0) is 24.7. The number of piperazine rings is 1. The largest absolute Gasteiger partial charge is 0.433 e. The minimum absolute atomic E-state index is 0.0303. The number of ether oxygens (including phenoxy) is 1. The van der Waals surface area contributed by atoms with Crippen LogP contribution in [0.1, 0.15) is 40.9 Å². The smallest absolute Gasteiger partial charge is 0.387 e. The van der Waals surface area contributed by atoms with Crippen LogP contribution in [0.3, 0.4) is 0 Å². The van der Waals surface area contributed by atoms with Gasteiger partial charge in [-0.15, -0.1) is 0 Å². The van der Waals surface area contributed by atoms with Gasteiger partial charge in [-0.05, 0) is 44.2 Å². The summed E-state index contributed by atoms with van der Waals surface area (Å²) in [4.78, 5) is 31.8. The first-order valence-corrected chi connectivity index (χ1v) is 11.5. The number of anilines is 2. The van der Waals surface area contributed by atoms with Crippen LogP contribution in [-0.2, 0) is 0 Å². The van der Waals surface area contributed by atoms with Crippen molar-refractivity contribution >= 4 is 34.2 Å². The summed E-state index contributed by atoms with van der Waals surface area (Å²) in [7, 11) is 0. The lowest BCUT2D eigenvalue weighted by molar-refractivity contribution is -0.0493. The number of benzene rings is 1. The van der Waals surface area contributed by atoms with Crippen molar-refractivity contribution in [3.8, 4) is 5.75 Å². The van der Waals surface area contributed by atoms with E-state index in [4.69, 9.17) is 4.74 Å². The van der Waals surface area contributed by atoms with Gasteiger partial charge in [-0.25, -0.2) is 4.98 Å². The molecule has 2 aliphatic heterocycles. The number of carbonyl (C=O) groups excluding carboxylic acids is 2. The van der Waals surface area contributed by atoms with E-state index in [-0.39, 0.29) is 35.1 Å². The summed E-state index contributed by atoms with van der Waals surface area (Å²) >= 11 is 0. The van der Waals surface area contributed by atoms with Crippen LogP contribution in [0.2, 0.25) is 0 Å². The Morgan fingerprint density at radius 1 is 1.23 bits per heavy atom. The second-order valence-electron chi connectivity index (χ2n) is 8.88. The summed E-state index contributed by atoms with van der Waals surface area (Å²) in [5.74, 6) is -0.888. The number of hydrogen-bond donors (Lipinski definition) is 3.